The molecule has 0 aliphatic heterocycles. The van der Waals surface area contributed by atoms with E-state index in [1.807, 2.05) is 30.3 Å². The highest BCUT2D eigenvalue weighted by Crippen LogP contribution is 2.14. The van der Waals surface area contributed by atoms with Crippen LogP contribution in [0.15, 0.2) is 54.6 Å². The van der Waals surface area contributed by atoms with Gasteiger partial charge in [0.2, 0.25) is 11.7 Å². The number of nitrogens with two attached hydrogens (primary N) is 1. The van der Waals surface area contributed by atoms with Crippen LogP contribution in [-0.4, -0.2) is 32.0 Å². The van der Waals surface area contributed by atoms with Crippen LogP contribution < -0.4 is 11.1 Å². The molecule has 0 spiro atoms. The zero-order chi connectivity index (χ0) is 16.9. The van der Waals surface area contributed by atoms with Gasteiger partial charge in [0.1, 0.15) is 6.54 Å². The minimum absolute atomic E-state index is 0.132. The normalized spacial score (nSPS) is 10.3. The molecule has 0 aliphatic carbocycles. The fraction of sp³-hybridized carbons (Fsp3) is 0.0625. The maximum atomic E-state index is 12.1. The smallest absolute Gasteiger partial charge is 0.250 e. The lowest BCUT2D eigenvalue weighted by atomic mass is 10.1. The topological polar surface area (TPSA) is 116 Å². The van der Waals surface area contributed by atoms with Gasteiger partial charge in [0.05, 0.1) is 11.3 Å². The van der Waals surface area contributed by atoms with Crippen LogP contribution in [0.2, 0.25) is 0 Å². The van der Waals surface area contributed by atoms with Crippen molar-refractivity contribution < 1.29 is 9.59 Å². The van der Waals surface area contributed by atoms with Crippen LogP contribution >= 0.6 is 0 Å². The van der Waals surface area contributed by atoms with Crippen LogP contribution in [0.5, 0.6) is 0 Å². The standard InChI is InChI=1S/C16H14N6O2/c17-15(24)12-8-4-5-9-13(12)18-14(23)10-22-20-16(19-21-22)11-6-2-1-3-7-11/h1-9H,10H2,(H2,17,24)(H,18,23). The summed E-state index contributed by atoms with van der Waals surface area (Å²) in [6.07, 6.45) is 0. The van der Waals surface area contributed by atoms with Gasteiger partial charge in [-0.15, -0.1) is 10.2 Å². The van der Waals surface area contributed by atoms with Gasteiger partial charge in [0.15, 0.2) is 0 Å². The van der Waals surface area contributed by atoms with E-state index in [-0.39, 0.29) is 18.0 Å². The summed E-state index contributed by atoms with van der Waals surface area (Å²) in [6.45, 7) is -0.132. The number of para-hydroxylation sites is 1. The maximum Gasteiger partial charge on any atom is 0.250 e. The fourth-order valence-electron chi connectivity index (χ4n) is 2.14. The first kappa shape index (κ1) is 15.3. The van der Waals surface area contributed by atoms with Crippen molar-refractivity contribution in [3.63, 3.8) is 0 Å². The molecule has 0 unspecified atom stereocenters. The quantitative estimate of drug-likeness (QED) is 0.729. The number of carbonyl (C=O) groups is 2. The number of anilines is 1. The van der Waals surface area contributed by atoms with Gasteiger partial charge in [-0.05, 0) is 17.3 Å². The molecule has 2 amide bonds. The summed E-state index contributed by atoms with van der Waals surface area (Å²) in [7, 11) is 0. The number of primary amides is 1. The molecule has 0 bridgehead atoms. The Morgan fingerprint density at radius 2 is 1.75 bits per heavy atom. The van der Waals surface area contributed by atoms with Crippen molar-refractivity contribution in [1.82, 2.24) is 20.2 Å². The van der Waals surface area contributed by atoms with Crippen molar-refractivity contribution >= 4 is 17.5 Å². The summed E-state index contributed by atoms with van der Waals surface area (Å²) in [6, 6.07) is 15.8. The number of tetrazole rings is 1. The van der Waals surface area contributed by atoms with Gasteiger partial charge in [-0.2, -0.15) is 4.80 Å². The van der Waals surface area contributed by atoms with Crippen molar-refractivity contribution in [3.05, 3.63) is 60.2 Å². The third-order valence-corrected chi connectivity index (χ3v) is 3.24. The van der Waals surface area contributed by atoms with Gasteiger partial charge < -0.3 is 11.1 Å². The van der Waals surface area contributed by atoms with E-state index >= 15 is 0 Å². The van der Waals surface area contributed by atoms with E-state index in [4.69, 9.17) is 5.73 Å². The molecule has 1 aromatic heterocycles. The molecule has 0 atom stereocenters. The van der Waals surface area contributed by atoms with Crippen LogP contribution in [0.1, 0.15) is 10.4 Å². The monoisotopic (exact) mass is 322 g/mol. The second kappa shape index (κ2) is 6.69. The minimum Gasteiger partial charge on any atom is -0.366 e. The molecule has 24 heavy (non-hydrogen) atoms. The van der Waals surface area contributed by atoms with Gasteiger partial charge in [0.25, 0.3) is 5.91 Å². The number of aromatic nitrogens is 4. The first-order chi connectivity index (χ1) is 11.6. The Labute approximate surface area is 137 Å². The zero-order valence-electron chi connectivity index (χ0n) is 12.6. The number of nitrogens with zero attached hydrogens (tertiary/aromatic N) is 4. The highest BCUT2D eigenvalue weighted by molar-refractivity contribution is 6.02. The largest absolute Gasteiger partial charge is 0.366 e. The SMILES string of the molecule is NC(=O)c1ccccc1NC(=O)Cn1nnc(-c2ccccc2)n1. The van der Waals surface area contributed by atoms with Crippen molar-refractivity contribution in [1.29, 1.82) is 0 Å². The predicted octanol–water partition coefficient (Wildman–Crippen LogP) is 1.08. The third kappa shape index (κ3) is 3.43. The van der Waals surface area contributed by atoms with Gasteiger partial charge in [-0.3, -0.25) is 9.59 Å². The van der Waals surface area contributed by atoms with Crippen LogP contribution in [0.25, 0.3) is 11.4 Å². The van der Waals surface area contributed by atoms with E-state index in [0.717, 1.165) is 5.56 Å². The Morgan fingerprint density at radius 3 is 2.50 bits per heavy atom. The molecular weight excluding hydrogens is 308 g/mol. The highest BCUT2D eigenvalue weighted by atomic mass is 16.2. The molecule has 0 saturated heterocycles. The van der Waals surface area contributed by atoms with Crippen LogP contribution in [0.3, 0.4) is 0 Å². The van der Waals surface area contributed by atoms with Crippen molar-refractivity contribution in [2.75, 3.05) is 5.32 Å². The summed E-state index contributed by atoms with van der Waals surface area (Å²) in [5.74, 6) is -0.571. The molecule has 8 nitrogen and oxygen atoms in total. The summed E-state index contributed by atoms with van der Waals surface area (Å²) < 4.78 is 0. The highest BCUT2D eigenvalue weighted by Gasteiger charge is 2.12. The van der Waals surface area contributed by atoms with Gasteiger partial charge >= 0.3 is 0 Å². The molecule has 1 heterocycles. The number of hydrogen-bond donors (Lipinski definition) is 2. The van der Waals surface area contributed by atoms with E-state index in [0.29, 0.717) is 11.5 Å². The average molecular weight is 322 g/mol. The number of carbonyl (C=O) groups excluding carboxylic acids is 2. The number of hydrogen-bond acceptors (Lipinski definition) is 5. The zero-order valence-corrected chi connectivity index (χ0v) is 12.6. The number of amides is 2. The number of rotatable bonds is 5. The molecule has 3 aromatic rings. The summed E-state index contributed by atoms with van der Waals surface area (Å²) in [5, 5.41) is 14.6. The van der Waals surface area contributed by atoms with Gasteiger partial charge in [-0.25, -0.2) is 0 Å². The summed E-state index contributed by atoms with van der Waals surface area (Å²) in [5.41, 5.74) is 6.67. The molecule has 0 saturated carbocycles. The second-order valence-corrected chi connectivity index (χ2v) is 4.97. The minimum atomic E-state index is -0.615. The van der Waals surface area contributed by atoms with E-state index in [1.54, 1.807) is 24.3 Å². The van der Waals surface area contributed by atoms with Gasteiger partial charge in [-0.1, -0.05) is 42.5 Å². The van der Waals surface area contributed by atoms with Crippen molar-refractivity contribution in [2.24, 2.45) is 5.73 Å². The molecule has 8 heteroatoms. The Balaban J connectivity index is 1.70. The Bertz CT molecular complexity index is 875. The second-order valence-electron chi connectivity index (χ2n) is 4.97. The molecule has 3 rings (SSSR count). The number of nitrogens with one attached hydrogen (secondary N) is 1. The first-order valence-electron chi connectivity index (χ1n) is 7.15. The Hall–Kier alpha value is -3.55. The third-order valence-electron chi connectivity index (χ3n) is 3.24. The van der Waals surface area contributed by atoms with Crippen molar-refractivity contribution in [2.45, 2.75) is 6.54 Å². The Morgan fingerprint density at radius 1 is 1.04 bits per heavy atom. The molecule has 120 valence electrons. The van der Waals surface area contributed by atoms with Crippen LogP contribution in [0.4, 0.5) is 5.69 Å². The van der Waals surface area contributed by atoms with E-state index < -0.39 is 5.91 Å². The summed E-state index contributed by atoms with van der Waals surface area (Å²) >= 11 is 0. The lowest BCUT2D eigenvalue weighted by Gasteiger charge is -2.07. The number of benzene rings is 2. The maximum absolute atomic E-state index is 12.1. The average Bonchev–Trinajstić information content (AvgIpc) is 3.04. The molecular formula is C16H14N6O2. The molecule has 2 aromatic carbocycles. The van der Waals surface area contributed by atoms with Crippen molar-refractivity contribution in [3.8, 4) is 11.4 Å². The first-order valence-corrected chi connectivity index (χ1v) is 7.15. The predicted molar refractivity (Wildman–Crippen MR) is 86.8 cm³/mol. The molecule has 0 radical (unpaired) electrons. The van der Waals surface area contributed by atoms with Crippen LogP contribution in [0, 0.1) is 0 Å². The van der Waals surface area contributed by atoms with E-state index in [1.165, 1.54) is 4.80 Å². The fourth-order valence-corrected chi connectivity index (χ4v) is 2.14. The lowest BCUT2D eigenvalue weighted by molar-refractivity contribution is -0.117. The summed E-state index contributed by atoms with van der Waals surface area (Å²) in [4.78, 5) is 24.6. The molecule has 0 aliphatic rings. The lowest BCUT2D eigenvalue weighted by Crippen LogP contribution is -2.23. The van der Waals surface area contributed by atoms with Gasteiger partial charge in [0, 0.05) is 5.56 Å². The van der Waals surface area contributed by atoms with Crippen LogP contribution in [-0.2, 0) is 11.3 Å². The van der Waals surface area contributed by atoms with E-state index in [9.17, 15) is 9.59 Å². The molecule has 0 fully saturated rings. The van der Waals surface area contributed by atoms with E-state index in [2.05, 4.69) is 20.7 Å². The molecule has 3 N–H and O–H groups in total. The Kier molecular flexibility index (Phi) is 4.28.